The summed E-state index contributed by atoms with van der Waals surface area (Å²) in [6.45, 7) is 0. The van der Waals surface area contributed by atoms with E-state index in [2.05, 4.69) is 11.9 Å². The fraction of sp³-hybridized carbons (Fsp3) is 0.533. The van der Waals surface area contributed by atoms with Gasteiger partial charge < -0.3 is 4.90 Å². The first-order valence-electron chi connectivity index (χ1n) is 6.78. The fourth-order valence-corrected chi connectivity index (χ4v) is 3.93. The van der Waals surface area contributed by atoms with Crippen LogP contribution in [-0.4, -0.2) is 29.8 Å². The van der Waals surface area contributed by atoms with Gasteiger partial charge in [0.1, 0.15) is 0 Å². The number of nitrogens with zero attached hydrogens (tertiary/aromatic N) is 1. The molecule has 2 aliphatic rings. The summed E-state index contributed by atoms with van der Waals surface area (Å²) in [7, 11) is 2.18. The number of hydrogen-bond donors (Lipinski definition) is 0. The second kappa shape index (κ2) is 5.08. The minimum absolute atomic E-state index is 0.102. The van der Waals surface area contributed by atoms with Crippen molar-refractivity contribution in [1.29, 1.82) is 0 Å². The highest BCUT2D eigenvalue weighted by atomic mass is 35.5. The molecule has 2 nitrogen and oxygen atoms in total. The van der Waals surface area contributed by atoms with Crippen molar-refractivity contribution in [3.05, 3.63) is 33.8 Å². The number of hydrogen-bond acceptors (Lipinski definition) is 2. The molecule has 2 unspecified atom stereocenters. The summed E-state index contributed by atoms with van der Waals surface area (Å²) in [4.78, 5) is 15.1. The SMILES string of the molecule is CN1C2CCC1CC(C(=O)c1cccc(Cl)c1Cl)C2. The Morgan fingerprint density at radius 3 is 2.47 bits per heavy atom. The lowest BCUT2D eigenvalue weighted by atomic mass is 9.85. The highest BCUT2D eigenvalue weighted by Gasteiger charge is 2.41. The first-order chi connectivity index (χ1) is 9.08. The zero-order valence-electron chi connectivity index (χ0n) is 10.9. The Bertz CT molecular complexity index is 503. The molecular formula is C15H17Cl2NO. The number of halogens is 2. The standard InChI is InChI=1S/C15H17Cl2NO/c1-18-10-5-6-11(18)8-9(7-10)15(19)12-3-2-4-13(16)14(12)17/h2-4,9-11H,5-8H2,1H3. The summed E-state index contributed by atoms with van der Waals surface area (Å²) in [6, 6.07) is 6.43. The average molecular weight is 298 g/mol. The number of Topliss-reactive ketones (excluding diaryl/α,β-unsaturated/α-hetero) is 1. The molecule has 2 aliphatic heterocycles. The van der Waals surface area contributed by atoms with Crippen LogP contribution in [0.25, 0.3) is 0 Å². The zero-order chi connectivity index (χ0) is 13.6. The molecule has 2 heterocycles. The van der Waals surface area contributed by atoms with E-state index >= 15 is 0 Å². The maximum atomic E-state index is 12.6. The lowest BCUT2D eigenvalue weighted by molar-refractivity contribution is 0.0767. The third-order valence-corrected chi connectivity index (χ3v) is 5.50. The minimum Gasteiger partial charge on any atom is -0.300 e. The van der Waals surface area contributed by atoms with Crippen molar-refractivity contribution in [2.75, 3.05) is 7.05 Å². The predicted octanol–water partition coefficient (Wildman–Crippen LogP) is 4.05. The number of carbonyl (C=O) groups is 1. The molecule has 102 valence electrons. The second-order valence-electron chi connectivity index (χ2n) is 5.68. The van der Waals surface area contributed by atoms with Gasteiger partial charge in [0, 0.05) is 23.6 Å². The Balaban J connectivity index is 1.84. The van der Waals surface area contributed by atoms with Crippen LogP contribution in [0.2, 0.25) is 10.0 Å². The van der Waals surface area contributed by atoms with E-state index in [1.165, 1.54) is 12.8 Å². The Kier molecular flexibility index (Phi) is 3.59. The van der Waals surface area contributed by atoms with E-state index in [4.69, 9.17) is 23.2 Å². The molecule has 0 amide bonds. The van der Waals surface area contributed by atoms with Gasteiger partial charge in [0.15, 0.2) is 5.78 Å². The van der Waals surface area contributed by atoms with Gasteiger partial charge in [-0.1, -0.05) is 29.3 Å². The van der Waals surface area contributed by atoms with Gasteiger partial charge >= 0.3 is 0 Å². The number of fused-ring (bicyclic) bond motifs is 2. The third-order valence-electron chi connectivity index (χ3n) is 4.69. The van der Waals surface area contributed by atoms with Crippen LogP contribution in [0, 0.1) is 5.92 Å². The van der Waals surface area contributed by atoms with Crippen LogP contribution >= 0.6 is 23.2 Å². The van der Waals surface area contributed by atoms with Crippen LogP contribution in [0.3, 0.4) is 0 Å². The molecular weight excluding hydrogens is 281 g/mol. The number of rotatable bonds is 2. The van der Waals surface area contributed by atoms with Gasteiger partial charge in [-0.3, -0.25) is 4.79 Å². The van der Waals surface area contributed by atoms with Crippen LogP contribution in [0.5, 0.6) is 0 Å². The molecule has 0 N–H and O–H groups in total. The average Bonchev–Trinajstić information content (AvgIpc) is 2.64. The minimum atomic E-state index is 0.102. The van der Waals surface area contributed by atoms with Gasteiger partial charge in [-0.25, -0.2) is 0 Å². The van der Waals surface area contributed by atoms with Gasteiger partial charge in [-0.2, -0.15) is 0 Å². The van der Waals surface area contributed by atoms with Crippen molar-refractivity contribution in [1.82, 2.24) is 4.90 Å². The number of benzene rings is 1. The molecule has 2 atom stereocenters. The molecule has 0 spiro atoms. The molecule has 0 saturated carbocycles. The second-order valence-corrected chi connectivity index (χ2v) is 6.47. The summed E-state index contributed by atoms with van der Waals surface area (Å²) in [5.41, 5.74) is 0.586. The summed E-state index contributed by atoms with van der Waals surface area (Å²) >= 11 is 12.2. The summed E-state index contributed by atoms with van der Waals surface area (Å²) in [5.74, 6) is 0.266. The van der Waals surface area contributed by atoms with E-state index in [0.29, 0.717) is 27.7 Å². The van der Waals surface area contributed by atoms with E-state index in [-0.39, 0.29) is 11.7 Å². The third kappa shape index (κ3) is 2.31. The Morgan fingerprint density at radius 2 is 1.84 bits per heavy atom. The molecule has 0 radical (unpaired) electrons. The van der Waals surface area contributed by atoms with E-state index in [1.807, 2.05) is 0 Å². The van der Waals surface area contributed by atoms with Crippen molar-refractivity contribution >= 4 is 29.0 Å². The van der Waals surface area contributed by atoms with Crippen LogP contribution in [0.15, 0.2) is 18.2 Å². The zero-order valence-corrected chi connectivity index (χ0v) is 12.4. The molecule has 2 bridgehead atoms. The number of ketones is 1. The van der Waals surface area contributed by atoms with Gasteiger partial charge in [-0.15, -0.1) is 0 Å². The monoisotopic (exact) mass is 297 g/mol. The molecule has 2 fully saturated rings. The molecule has 1 aromatic rings. The Morgan fingerprint density at radius 1 is 1.21 bits per heavy atom. The highest BCUT2D eigenvalue weighted by molar-refractivity contribution is 6.43. The Hall–Kier alpha value is -0.570. The van der Waals surface area contributed by atoms with Crippen LogP contribution in [0.4, 0.5) is 0 Å². The summed E-state index contributed by atoms with van der Waals surface area (Å²) < 4.78 is 0. The van der Waals surface area contributed by atoms with E-state index in [0.717, 1.165) is 12.8 Å². The molecule has 0 aliphatic carbocycles. The summed E-state index contributed by atoms with van der Waals surface area (Å²) in [5, 5.41) is 0.865. The fourth-order valence-electron chi connectivity index (χ4n) is 3.54. The van der Waals surface area contributed by atoms with Crippen molar-refractivity contribution in [3.63, 3.8) is 0 Å². The van der Waals surface area contributed by atoms with Crippen LogP contribution in [-0.2, 0) is 0 Å². The van der Waals surface area contributed by atoms with Crippen LogP contribution in [0.1, 0.15) is 36.0 Å². The van der Waals surface area contributed by atoms with Crippen molar-refractivity contribution in [3.8, 4) is 0 Å². The molecule has 4 heteroatoms. The predicted molar refractivity (Wildman–Crippen MR) is 78.1 cm³/mol. The molecule has 19 heavy (non-hydrogen) atoms. The van der Waals surface area contributed by atoms with Gasteiger partial charge in [-0.05, 0) is 44.9 Å². The highest BCUT2D eigenvalue weighted by Crippen LogP contribution is 2.39. The van der Waals surface area contributed by atoms with E-state index in [1.54, 1.807) is 18.2 Å². The van der Waals surface area contributed by atoms with Crippen LogP contribution < -0.4 is 0 Å². The molecule has 0 aromatic heterocycles. The number of carbonyl (C=O) groups excluding carboxylic acids is 1. The first-order valence-corrected chi connectivity index (χ1v) is 7.53. The summed E-state index contributed by atoms with van der Waals surface area (Å²) in [6.07, 6.45) is 4.34. The van der Waals surface area contributed by atoms with Crippen molar-refractivity contribution < 1.29 is 4.79 Å². The molecule has 3 rings (SSSR count). The lowest BCUT2D eigenvalue weighted by Crippen LogP contribution is -2.42. The molecule has 1 aromatic carbocycles. The lowest BCUT2D eigenvalue weighted by Gasteiger charge is -2.35. The largest absolute Gasteiger partial charge is 0.300 e. The number of piperidine rings is 1. The van der Waals surface area contributed by atoms with Crippen molar-refractivity contribution in [2.45, 2.75) is 37.8 Å². The molecule has 2 saturated heterocycles. The Labute approximate surface area is 123 Å². The quantitative estimate of drug-likeness (QED) is 0.768. The van der Waals surface area contributed by atoms with Gasteiger partial charge in [0.25, 0.3) is 0 Å². The van der Waals surface area contributed by atoms with Crippen molar-refractivity contribution in [2.24, 2.45) is 5.92 Å². The first kappa shape index (κ1) is 13.4. The van der Waals surface area contributed by atoms with E-state index < -0.39 is 0 Å². The maximum absolute atomic E-state index is 12.6. The van der Waals surface area contributed by atoms with E-state index in [9.17, 15) is 4.79 Å². The smallest absolute Gasteiger partial charge is 0.167 e. The maximum Gasteiger partial charge on any atom is 0.167 e. The normalized spacial score (nSPS) is 30.6. The van der Waals surface area contributed by atoms with Gasteiger partial charge in [0.05, 0.1) is 10.0 Å². The van der Waals surface area contributed by atoms with Gasteiger partial charge in [0.2, 0.25) is 0 Å². The topological polar surface area (TPSA) is 20.3 Å².